The summed E-state index contributed by atoms with van der Waals surface area (Å²) in [7, 11) is 0. The van der Waals surface area contributed by atoms with Crippen LogP contribution in [-0.2, 0) is 12.0 Å². The Balaban J connectivity index is 2.07. The van der Waals surface area contributed by atoms with Gasteiger partial charge in [-0.25, -0.2) is 4.99 Å². The number of benzene rings is 1. The van der Waals surface area contributed by atoms with E-state index in [0.29, 0.717) is 0 Å². The van der Waals surface area contributed by atoms with Gasteiger partial charge < -0.3 is 4.74 Å². The van der Waals surface area contributed by atoms with Crippen LogP contribution in [-0.4, -0.2) is 19.2 Å². The summed E-state index contributed by atoms with van der Waals surface area (Å²) in [6.07, 6.45) is 4.49. The standard InChI is InChI=1S/C12H12N2O/c1-12(7-13-8-14-12)10-2-3-11-9(6-10)4-5-15-11/h2-3,6-8H,4-5H2,1H3. The van der Waals surface area contributed by atoms with Crippen LogP contribution >= 0.6 is 0 Å². The molecule has 0 aliphatic carbocycles. The maximum atomic E-state index is 5.48. The molecule has 2 aliphatic rings. The van der Waals surface area contributed by atoms with E-state index in [2.05, 4.69) is 29.0 Å². The van der Waals surface area contributed by atoms with E-state index in [9.17, 15) is 0 Å². The minimum Gasteiger partial charge on any atom is -0.493 e. The molecule has 1 unspecified atom stereocenters. The molecule has 0 fully saturated rings. The van der Waals surface area contributed by atoms with Crippen LogP contribution in [0.5, 0.6) is 5.75 Å². The molecule has 1 aromatic rings. The van der Waals surface area contributed by atoms with Gasteiger partial charge in [0, 0.05) is 12.6 Å². The van der Waals surface area contributed by atoms with Crippen molar-refractivity contribution >= 4 is 12.6 Å². The van der Waals surface area contributed by atoms with Crippen molar-refractivity contribution in [2.24, 2.45) is 9.98 Å². The van der Waals surface area contributed by atoms with Gasteiger partial charge in [0.1, 0.15) is 17.6 Å². The zero-order valence-electron chi connectivity index (χ0n) is 8.60. The Bertz CT molecular complexity index is 451. The summed E-state index contributed by atoms with van der Waals surface area (Å²) in [5, 5.41) is 0. The monoisotopic (exact) mass is 200 g/mol. The molecule has 1 aromatic carbocycles. The van der Waals surface area contributed by atoms with Crippen molar-refractivity contribution in [1.82, 2.24) is 0 Å². The van der Waals surface area contributed by atoms with Crippen LogP contribution in [0.2, 0.25) is 0 Å². The smallest absolute Gasteiger partial charge is 0.122 e. The Morgan fingerprint density at radius 2 is 2.33 bits per heavy atom. The first-order chi connectivity index (χ1) is 7.28. The molecule has 2 heterocycles. The van der Waals surface area contributed by atoms with Crippen molar-refractivity contribution in [1.29, 1.82) is 0 Å². The summed E-state index contributed by atoms with van der Waals surface area (Å²) < 4.78 is 5.48. The second-order valence-corrected chi connectivity index (χ2v) is 4.09. The molecule has 0 saturated heterocycles. The van der Waals surface area contributed by atoms with Gasteiger partial charge in [-0.05, 0) is 30.2 Å². The first kappa shape index (κ1) is 8.65. The lowest BCUT2D eigenvalue weighted by atomic mass is 9.92. The minimum absolute atomic E-state index is 0.280. The maximum Gasteiger partial charge on any atom is 0.122 e. The van der Waals surface area contributed by atoms with Crippen LogP contribution in [0, 0.1) is 0 Å². The lowest BCUT2D eigenvalue weighted by molar-refractivity contribution is 0.357. The van der Waals surface area contributed by atoms with Crippen LogP contribution in [0.25, 0.3) is 0 Å². The first-order valence-electron chi connectivity index (χ1n) is 5.12. The van der Waals surface area contributed by atoms with E-state index < -0.39 is 0 Å². The van der Waals surface area contributed by atoms with Crippen molar-refractivity contribution in [3.63, 3.8) is 0 Å². The van der Waals surface area contributed by atoms with Crippen LogP contribution < -0.4 is 4.74 Å². The highest BCUT2D eigenvalue weighted by Crippen LogP contribution is 2.32. The van der Waals surface area contributed by atoms with Gasteiger partial charge >= 0.3 is 0 Å². The summed E-state index contributed by atoms with van der Waals surface area (Å²) in [6.45, 7) is 2.87. The molecule has 0 spiro atoms. The number of hydrogen-bond acceptors (Lipinski definition) is 3. The predicted molar refractivity (Wildman–Crippen MR) is 60.0 cm³/mol. The normalized spacial score (nSPS) is 26.7. The molecule has 0 saturated carbocycles. The predicted octanol–water partition coefficient (Wildman–Crippen LogP) is 1.95. The number of hydrogen-bond donors (Lipinski definition) is 0. The van der Waals surface area contributed by atoms with Gasteiger partial charge in [-0.2, -0.15) is 0 Å². The van der Waals surface area contributed by atoms with Gasteiger partial charge in [-0.15, -0.1) is 0 Å². The SMILES string of the molecule is CC1(c2ccc3c(c2)CCO3)C=NC=N1. The topological polar surface area (TPSA) is 34.0 Å². The van der Waals surface area contributed by atoms with E-state index in [1.807, 2.05) is 12.3 Å². The van der Waals surface area contributed by atoms with E-state index in [-0.39, 0.29) is 5.54 Å². The van der Waals surface area contributed by atoms with Gasteiger partial charge in [0.05, 0.1) is 6.61 Å². The van der Waals surface area contributed by atoms with Gasteiger partial charge in [-0.1, -0.05) is 6.07 Å². The molecule has 3 rings (SSSR count). The van der Waals surface area contributed by atoms with Crippen molar-refractivity contribution in [2.45, 2.75) is 18.9 Å². The highest BCUT2D eigenvalue weighted by Gasteiger charge is 2.27. The highest BCUT2D eigenvalue weighted by atomic mass is 16.5. The molecule has 0 bridgehead atoms. The molecule has 1 atom stereocenters. The molecule has 0 radical (unpaired) electrons. The molecule has 76 valence electrons. The van der Waals surface area contributed by atoms with Crippen molar-refractivity contribution in [3.8, 4) is 5.75 Å². The van der Waals surface area contributed by atoms with Crippen LogP contribution in [0.15, 0.2) is 28.2 Å². The van der Waals surface area contributed by atoms with Crippen LogP contribution in [0.1, 0.15) is 18.1 Å². The first-order valence-corrected chi connectivity index (χ1v) is 5.12. The van der Waals surface area contributed by atoms with Gasteiger partial charge in [0.25, 0.3) is 0 Å². The van der Waals surface area contributed by atoms with E-state index >= 15 is 0 Å². The maximum absolute atomic E-state index is 5.48. The second-order valence-electron chi connectivity index (χ2n) is 4.09. The van der Waals surface area contributed by atoms with Gasteiger partial charge in [0.2, 0.25) is 0 Å². The van der Waals surface area contributed by atoms with E-state index in [4.69, 9.17) is 4.74 Å². The van der Waals surface area contributed by atoms with Crippen LogP contribution in [0.4, 0.5) is 0 Å². The summed E-state index contributed by atoms with van der Waals surface area (Å²) in [5.74, 6) is 1.02. The average molecular weight is 200 g/mol. The number of ether oxygens (including phenoxy) is 1. The molecule has 3 heteroatoms. The summed E-state index contributed by atoms with van der Waals surface area (Å²) >= 11 is 0. The second kappa shape index (κ2) is 2.92. The van der Waals surface area contributed by atoms with Crippen molar-refractivity contribution in [3.05, 3.63) is 29.3 Å². The fourth-order valence-corrected chi connectivity index (χ4v) is 2.02. The molecule has 0 aromatic heterocycles. The Morgan fingerprint density at radius 3 is 3.13 bits per heavy atom. The van der Waals surface area contributed by atoms with E-state index in [1.165, 1.54) is 11.1 Å². The van der Waals surface area contributed by atoms with Crippen molar-refractivity contribution in [2.75, 3.05) is 6.61 Å². The minimum atomic E-state index is -0.280. The lowest BCUT2D eigenvalue weighted by Crippen LogP contribution is -2.18. The van der Waals surface area contributed by atoms with E-state index in [0.717, 1.165) is 18.8 Å². The molecular formula is C12H12N2O. The Hall–Kier alpha value is -1.64. The summed E-state index contributed by atoms with van der Waals surface area (Å²) in [5.41, 5.74) is 2.19. The third-order valence-corrected chi connectivity index (χ3v) is 2.99. The molecule has 3 nitrogen and oxygen atoms in total. The quantitative estimate of drug-likeness (QED) is 0.682. The lowest BCUT2D eigenvalue weighted by Gasteiger charge is -2.17. The van der Waals surface area contributed by atoms with E-state index in [1.54, 1.807) is 6.34 Å². The number of nitrogens with zero attached hydrogens (tertiary/aromatic N) is 2. The molecule has 15 heavy (non-hydrogen) atoms. The Kier molecular flexibility index (Phi) is 1.69. The fourth-order valence-electron chi connectivity index (χ4n) is 2.02. The Labute approximate surface area is 88.5 Å². The average Bonchev–Trinajstić information content (AvgIpc) is 2.85. The molecular weight excluding hydrogens is 188 g/mol. The third-order valence-electron chi connectivity index (χ3n) is 2.99. The fraction of sp³-hybridized carbons (Fsp3) is 0.333. The summed E-state index contributed by atoms with van der Waals surface area (Å²) in [6, 6.07) is 6.28. The largest absolute Gasteiger partial charge is 0.493 e. The van der Waals surface area contributed by atoms with Crippen LogP contribution in [0.3, 0.4) is 0 Å². The zero-order valence-corrected chi connectivity index (χ0v) is 8.60. The zero-order chi connectivity index (χ0) is 10.3. The Morgan fingerprint density at radius 1 is 1.40 bits per heavy atom. The third kappa shape index (κ3) is 1.27. The number of rotatable bonds is 1. The highest BCUT2D eigenvalue weighted by molar-refractivity contribution is 5.86. The van der Waals surface area contributed by atoms with Gasteiger partial charge in [-0.3, -0.25) is 4.99 Å². The van der Waals surface area contributed by atoms with Crippen molar-refractivity contribution < 1.29 is 4.74 Å². The van der Waals surface area contributed by atoms with Gasteiger partial charge in [0.15, 0.2) is 0 Å². The molecule has 0 N–H and O–H groups in total. The molecule has 2 aliphatic heterocycles. The number of fused-ring (bicyclic) bond motifs is 1. The molecule has 0 amide bonds. The summed E-state index contributed by atoms with van der Waals surface area (Å²) in [4.78, 5) is 8.43. The number of aliphatic imine (C=N–C) groups is 2.